The topological polar surface area (TPSA) is 93.7 Å². The van der Waals surface area contributed by atoms with E-state index in [0.717, 1.165) is 24.0 Å². The van der Waals surface area contributed by atoms with Gasteiger partial charge in [0, 0.05) is 23.5 Å². The maximum Gasteiger partial charge on any atom is 0.407 e. The van der Waals surface area contributed by atoms with E-state index in [1.54, 1.807) is 24.4 Å². The fraction of sp³-hybridized carbons (Fsp3) is 0.346. The van der Waals surface area contributed by atoms with Crippen LogP contribution in [0.5, 0.6) is 5.75 Å². The molecule has 0 saturated heterocycles. The zero-order valence-electron chi connectivity index (χ0n) is 19.9. The molecule has 2 aromatic carbocycles. The van der Waals surface area contributed by atoms with Crippen molar-refractivity contribution in [3.63, 3.8) is 0 Å². The summed E-state index contributed by atoms with van der Waals surface area (Å²) in [7, 11) is -3.53. The Bertz CT molecular complexity index is 1280. The Labute approximate surface area is 220 Å². The Morgan fingerprint density at radius 2 is 2.03 bits per heavy atom. The monoisotopic (exact) mass is 548 g/mol. The van der Waals surface area contributed by atoms with E-state index in [-0.39, 0.29) is 29.3 Å². The third-order valence-corrected chi connectivity index (χ3v) is 9.17. The lowest BCUT2D eigenvalue weighted by molar-refractivity contribution is 0.144. The SMILES string of the molecule is CCOC(=O)NC1CCc2ccc(OCCNS(=O)(=O)c3cccs3)cc2C1Cc1cccc(Cl)c1. The first-order valence-electron chi connectivity index (χ1n) is 11.8. The van der Waals surface area contributed by atoms with Gasteiger partial charge in [0.2, 0.25) is 10.0 Å². The molecule has 1 aromatic heterocycles. The highest BCUT2D eigenvalue weighted by molar-refractivity contribution is 7.91. The van der Waals surface area contributed by atoms with Gasteiger partial charge in [-0.05, 0) is 78.6 Å². The van der Waals surface area contributed by atoms with E-state index in [2.05, 4.69) is 10.0 Å². The molecule has 0 radical (unpaired) electrons. The van der Waals surface area contributed by atoms with Crippen molar-refractivity contribution in [3.05, 3.63) is 81.7 Å². The summed E-state index contributed by atoms with van der Waals surface area (Å²) in [6.07, 6.45) is 1.88. The Hall–Kier alpha value is -2.59. The Balaban J connectivity index is 1.49. The molecule has 36 heavy (non-hydrogen) atoms. The summed E-state index contributed by atoms with van der Waals surface area (Å²) in [6.45, 7) is 2.43. The maximum absolute atomic E-state index is 12.3. The molecule has 4 rings (SSSR count). The van der Waals surface area contributed by atoms with Crippen LogP contribution in [0.2, 0.25) is 5.02 Å². The van der Waals surface area contributed by atoms with Crippen LogP contribution < -0.4 is 14.8 Å². The molecule has 0 fully saturated rings. The minimum Gasteiger partial charge on any atom is -0.492 e. The molecule has 0 spiro atoms. The number of carbonyl (C=O) groups excluding carboxylic acids is 1. The van der Waals surface area contributed by atoms with Crippen LogP contribution >= 0.6 is 22.9 Å². The molecule has 1 aliphatic carbocycles. The predicted octanol–water partition coefficient (Wildman–Crippen LogP) is 5.15. The molecule has 1 heterocycles. The summed E-state index contributed by atoms with van der Waals surface area (Å²) < 4.78 is 38.5. The number of nitrogens with one attached hydrogen (secondary N) is 2. The first-order valence-corrected chi connectivity index (χ1v) is 14.6. The number of rotatable bonds is 10. The van der Waals surface area contributed by atoms with Gasteiger partial charge in [0.25, 0.3) is 0 Å². The standard InChI is InChI=1S/C26H29ClN2O5S2/c1-2-33-26(30)29-24-11-9-19-8-10-21(34-13-12-28-36(31,32)25-7-4-14-35-25)17-22(19)23(24)16-18-5-3-6-20(27)15-18/h3-8,10,14-15,17,23-24,28H,2,9,11-13,16H2,1H3,(H,29,30). The van der Waals surface area contributed by atoms with Gasteiger partial charge in [0.15, 0.2) is 0 Å². The van der Waals surface area contributed by atoms with E-state index >= 15 is 0 Å². The molecule has 0 aliphatic heterocycles. The molecule has 0 bridgehead atoms. The number of thiophene rings is 1. The number of fused-ring (bicyclic) bond motifs is 1. The molecule has 10 heteroatoms. The number of alkyl carbamates (subject to hydrolysis) is 1. The van der Waals surface area contributed by atoms with Crippen molar-refractivity contribution >= 4 is 39.1 Å². The average Bonchev–Trinajstić information content (AvgIpc) is 3.40. The van der Waals surface area contributed by atoms with E-state index in [9.17, 15) is 13.2 Å². The lowest BCUT2D eigenvalue weighted by Crippen LogP contribution is -2.43. The quantitative estimate of drug-likeness (QED) is 0.342. The van der Waals surface area contributed by atoms with Crippen molar-refractivity contribution < 1.29 is 22.7 Å². The highest BCUT2D eigenvalue weighted by Crippen LogP contribution is 2.37. The highest BCUT2D eigenvalue weighted by Gasteiger charge is 2.31. The minimum absolute atomic E-state index is 0.00231. The number of amides is 1. The third kappa shape index (κ3) is 6.79. The first kappa shape index (κ1) is 26.5. The zero-order valence-corrected chi connectivity index (χ0v) is 22.3. The molecule has 0 saturated carbocycles. The first-order chi connectivity index (χ1) is 17.4. The average molecular weight is 549 g/mol. The highest BCUT2D eigenvalue weighted by atomic mass is 35.5. The molecular formula is C26H29ClN2O5S2. The molecule has 2 atom stereocenters. The van der Waals surface area contributed by atoms with Crippen LogP contribution in [0.1, 0.15) is 36.0 Å². The van der Waals surface area contributed by atoms with Crippen molar-refractivity contribution in [2.45, 2.75) is 42.4 Å². The molecule has 192 valence electrons. The fourth-order valence-corrected chi connectivity index (χ4v) is 6.73. The van der Waals surface area contributed by atoms with Crippen LogP contribution in [0.4, 0.5) is 4.79 Å². The van der Waals surface area contributed by atoms with Gasteiger partial charge in [0.05, 0.1) is 6.61 Å². The lowest BCUT2D eigenvalue weighted by atomic mass is 9.76. The number of aryl methyl sites for hydroxylation is 1. The number of benzene rings is 2. The largest absolute Gasteiger partial charge is 0.492 e. The molecule has 3 aromatic rings. The summed E-state index contributed by atoms with van der Waals surface area (Å²) >= 11 is 7.40. The summed E-state index contributed by atoms with van der Waals surface area (Å²) in [5.41, 5.74) is 3.37. The number of hydrogen-bond acceptors (Lipinski definition) is 6. The van der Waals surface area contributed by atoms with E-state index in [1.165, 1.54) is 16.9 Å². The summed E-state index contributed by atoms with van der Waals surface area (Å²) in [6, 6.07) is 16.8. The van der Waals surface area contributed by atoms with E-state index in [1.807, 2.05) is 42.5 Å². The fourth-order valence-electron chi connectivity index (χ4n) is 4.46. The van der Waals surface area contributed by atoms with Crippen molar-refractivity contribution in [1.29, 1.82) is 0 Å². The van der Waals surface area contributed by atoms with Crippen LogP contribution in [0, 0.1) is 0 Å². The van der Waals surface area contributed by atoms with E-state index in [0.29, 0.717) is 23.8 Å². The van der Waals surface area contributed by atoms with Gasteiger partial charge in [-0.3, -0.25) is 0 Å². The molecule has 1 amide bonds. The normalized spacial score (nSPS) is 17.3. The van der Waals surface area contributed by atoms with Gasteiger partial charge in [-0.15, -0.1) is 11.3 Å². The zero-order chi connectivity index (χ0) is 25.5. The van der Waals surface area contributed by atoms with Crippen molar-refractivity contribution in [1.82, 2.24) is 10.0 Å². The van der Waals surface area contributed by atoms with E-state index in [4.69, 9.17) is 21.1 Å². The second-order valence-corrected chi connectivity index (χ2v) is 11.9. The number of ether oxygens (including phenoxy) is 2. The van der Waals surface area contributed by atoms with Gasteiger partial charge in [-0.25, -0.2) is 17.9 Å². The maximum atomic E-state index is 12.3. The molecule has 2 N–H and O–H groups in total. The Morgan fingerprint density at radius 1 is 1.17 bits per heavy atom. The lowest BCUT2D eigenvalue weighted by Gasteiger charge is -2.34. The summed E-state index contributed by atoms with van der Waals surface area (Å²) in [4.78, 5) is 12.2. The van der Waals surface area contributed by atoms with Crippen LogP contribution in [-0.4, -0.2) is 40.3 Å². The van der Waals surface area contributed by atoms with Crippen LogP contribution in [0.25, 0.3) is 0 Å². The molecule has 2 unspecified atom stereocenters. The van der Waals surface area contributed by atoms with Gasteiger partial charge in [0.1, 0.15) is 16.6 Å². The van der Waals surface area contributed by atoms with Gasteiger partial charge in [-0.1, -0.05) is 35.9 Å². The number of sulfonamides is 1. The second kappa shape index (κ2) is 12.1. The number of hydrogen-bond donors (Lipinski definition) is 2. The molecule has 1 aliphatic rings. The van der Waals surface area contributed by atoms with Crippen LogP contribution in [0.3, 0.4) is 0 Å². The predicted molar refractivity (Wildman–Crippen MR) is 142 cm³/mol. The van der Waals surface area contributed by atoms with Crippen LogP contribution in [0.15, 0.2) is 64.2 Å². The Kier molecular flexibility index (Phi) is 8.90. The second-order valence-electron chi connectivity index (χ2n) is 8.49. The van der Waals surface area contributed by atoms with Crippen molar-refractivity contribution in [2.24, 2.45) is 0 Å². The number of carbonyl (C=O) groups is 1. The van der Waals surface area contributed by atoms with Gasteiger partial charge in [-0.2, -0.15) is 0 Å². The van der Waals surface area contributed by atoms with Gasteiger partial charge < -0.3 is 14.8 Å². The minimum atomic E-state index is -3.53. The third-order valence-electron chi connectivity index (χ3n) is 6.07. The smallest absolute Gasteiger partial charge is 0.407 e. The molecular weight excluding hydrogens is 520 g/mol. The van der Waals surface area contributed by atoms with Gasteiger partial charge >= 0.3 is 6.09 Å². The number of halogens is 1. The van der Waals surface area contributed by atoms with Crippen molar-refractivity contribution in [3.8, 4) is 5.75 Å². The summed E-state index contributed by atoms with van der Waals surface area (Å²) in [5, 5.41) is 5.43. The summed E-state index contributed by atoms with van der Waals surface area (Å²) in [5.74, 6) is 0.648. The van der Waals surface area contributed by atoms with Crippen LogP contribution in [-0.2, 0) is 27.6 Å². The van der Waals surface area contributed by atoms with Crippen molar-refractivity contribution in [2.75, 3.05) is 19.8 Å². The Morgan fingerprint density at radius 3 is 2.78 bits per heavy atom. The molecule has 7 nitrogen and oxygen atoms in total. The van der Waals surface area contributed by atoms with E-state index < -0.39 is 16.1 Å².